The number of nitrogens with one attached hydrogen (secondary N) is 1. The highest BCUT2D eigenvalue weighted by Crippen LogP contribution is 2.21. The molecule has 136 valence electrons. The molecule has 0 saturated carbocycles. The minimum atomic E-state index is -0.428. The summed E-state index contributed by atoms with van der Waals surface area (Å²) in [5.41, 5.74) is 1.72. The van der Waals surface area contributed by atoms with Crippen LogP contribution in [0.1, 0.15) is 28.9 Å². The van der Waals surface area contributed by atoms with Crippen LogP contribution >= 0.6 is 11.8 Å². The van der Waals surface area contributed by atoms with Crippen molar-refractivity contribution in [1.82, 2.24) is 10.2 Å². The normalized spacial score (nSPS) is 11.0. The summed E-state index contributed by atoms with van der Waals surface area (Å²) in [4.78, 5) is 13.5. The SMILES string of the molecule is CCSc1ccc(Cc2nnc(NC(=O)c3cc4ccccc4o3)o2)cc1. The molecule has 4 aromatic rings. The standard InChI is InChI=1S/C20H17N3O3S/c1-2-27-15-9-7-13(8-10-15)11-18-22-23-20(26-18)21-19(24)17-12-14-5-3-4-6-16(14)25-17/h3-10,12H,2,11H2,1H3,(H,21,23,24). The number of amides is 1. The lowest BCUT2D eigenvalue weighted by atomic mass is 10.1. The number of hydrogen-bond donors (Lipinski definition) is 1. The molecule has 2 aromatic heterocycles. The lowest BCUT2D eigenvalue weighted by molar-refractivity contribution is 0.0995. The first-order chi connectivity index (χ1) is 13.2. The van der Waals surface area contributed by atoms with Crippen molar-refractivity contribution in [3.63, 3.8) is 0 Å². The van der Waals surface area contributed by atoms with Gasteiger partial charge in [-0.05, 0) is 35.6 Å². The topological polar surface area (TPSA) is 81.2 Å². The van der Waals surface area contributed by atoms with Crippen LogP contribution in [0.5, 0.6) is 0 Å². The molecule has 6 nitrogen and oxygen atoms in total. The maximum absolute atomic E-state index is 12.3. The average Bonchev–Trinajstić information content (AvgIpc) is 3.30. The number of carbonyl (C=O) groups is 1. The molecule has 0 spiro atoms. The van der Waals surface area contributed by atoms with E-state index >= 15 is 0 Å². The zero-order valence-electron chi connectivity index (χ0n) is 14.6. The second kappa shape index (κ2) is 7.67. The fourth-order valence-corrected chi connectivity index (χ4v) is 3.33. The van der Waals surface area contributed by atoms with Crippen molar-refractivity contribution in [2.45, 2.75) is 18.2 Å². The Balaban J connectivity index is 1.42. The number of carbonyl (C=O) groups excluding carboxylic acids is 1. The molecule has 1 N–H and O–H groups in total. The van der Waals surface area contributed by atoms with E-state index in [2.05, 4.69) is 34.6 Å². The maximum Gasteiger partial charge on any atom is 0.322 e. The zero-order valence-corrected chi connectivity index (χ0v) is 15.5. The van der Waals surface area contributed by atoms with Crippen LogP contribution in [0.25, 0.3) is 11.0 Å². The first kappa shape index (κ1) is 17.4. The summed E-state index contributed by atoms with van der Waals surface area (Å²) in [6.45, 7) is 2.12. The molecule has 4 rings (SSSR count). The summed E-state index contributed by atoms with van der Waals surface area (Å²) in [5.74, 6) is 1.24. The molecule has 0 radical (unpaired) electrons. The smallest absolute Gasteiger partial charge is 0.322 e. The number of benzene rings is 2. The van der Waals surface area contributed by atoms with E-state index in [9.17, 15) is 4.79 Å². The molecule has 2 heterocycles. The first-order valence-electron chi connectivity index (χ1n) is 8.55. The third-order valence-electron chi connectivity index (χ3n) is 3.93. The van der Waals surface area contributed by atoms with Gasteiger partial charge in [-0.15, -0.1) is 16.9 Å². The lowest BCUT2D eigenvalue weighted by Crippen LogP contribution is -2.10. The number of fused-ring (bicyclic) bond motifs is 1. The number of hydrogen-bond acceptors (Lipinski definition) is 6. The van der Waals surface area contributed by atoms with Crippen LogP contribution in [-0.2, 0) is 6.42 Å². The summed E-state index contributed by atoms with van der Waals surface area (Å²) >= 11 is 1.79. The van der Waals surface area contributed by atoms with E-state index in [4.69, 9.17) is 8.83 Å². The third-order valence-corrected chi connectivity index (χ3v) is 4.82. The number of aromatic nitrogens is 2. The van der Waals surface area contributed by atoms with Gasteiger partial charge in [-0.3, -0.25) is 10.1 Å². The molecular weight excluding hydrogens is 362 g/mol. The van der Waals surface area contributed by atoms with E-state index in [0.29, 0.717) is 17.9 Å². The van der Waals surface area contributed by atoms with Crippen molar-refractivity contribution < 1.29 is 13.6 Å². The van der Waals surface area contributed by atoms with Gasteiger partial charge >= 0.3 is 6.01 Å². The van der Waals surface area contributed by atoms with Crippen LogP contribution in [0.15, 0.2) is 68.3 Å². The van der Waals surface area contributed by atoms with Gasteiger partial charge < -0.3 is 8.83 Å². The summed E-state index contributed by atoms with van der Waals surface area (Å²) in [6.07, 6.45) is 0.505. The summed E-state index contributed by atoms with van der Waals surface area (Å²) in [5, 5.41) is 11.3. The highest BCUT2D eigenvalue weighted by molar-refractivity contribution is 7.99. The summed E-state index contributed by atoms with van der Waals surface area (Å²) in [6, 6.07) is 17.4. The number of thioether (sulfide) groups is 1. The van der Waals surface area contributed by atoms with E-state index in [1.54, 1.807) is 23.9 Å². The van der Waals surface area contributed by atoms with Gasteiger partial charge in [0.2, 0.25) is 5.89 Å². The highest BCUT2D eigenvalue weighted by Gasteiger charge is 2.16. The van der Waals surface area contributed by atoms with Gasteiger partial charge in [0.25, 0.3) is 5.91 Å². The molecule has 1 amide bonds. The van der Waals surface area contributed by atoms with Gasteiger partial charge in [0.15, 0.2) is 5.76 Å². The fourth-order valence-electron chi connectivity index (χ4n) is 2.67. The predicted octanol–water partition coefficient (Wildman–Crippen LogP) is 4.77. The number of rotatable bonds is 6. The molecule has 0 aliphatic carbocycles. The van der Waals surface area contributed by atoms with Gasteiger partial charge in [-0.1, -0.05) is 42.4 Å². The summed E-state index contributed by atoms with van der Waals surface area (Å²) in [7, 11) is 0. The number of furan rings is 1. The molecule has 0 fully saturated rings. The van der Waals surface area contributed by atoms with Crippen molar-refractivity contribution >= 4 is 34.7 Å². The van der Waals surface area contributed by atoms with E-state index in [1.165, 1.54) is 4.90 Å². The largest absolute Gasteiger partial charge is 0.451 e. The van der Waals surface area contributed by atoms with Crippen LogP contribution in [0.3, 0.4) is 0 Å². The molecule has 0 atom stereocenters. The van der Waals surface area contributed by atoms with E-state index in [-0.39, 0.29) is 11.8 Å². The van der Waals surface area contributed by atoms with Crippen LogP contribution in [0, 0.1) is 0 Å². The van der Waals surface area contributed by atoms with Gasteiger partial charge in [-0.2, -0.15) is 0 Å². The molecule has 0 bridgehead atoms. The van der Waals surface area contributed by atoms with E-state index in [1.807, 2.05) is 30.3 Å². The molecule has 0 saturated heterocycles. The van der Waals surface area contributed by atoms with Crippen molar-refractivity contribution in [1.29, 1.82) is 0 Å². The second-order valence-electron chi connectivity index (χ2n) is 5.86. The van der Waals surface area contributed by atoms with Gasteiger partial charge in [0, 0.05) is 10.3 Å². The Morgan fingerprint density at radius 2 is 1.89 bits per heavy atom. The van der Waals surface area contributed by atoms with Crippen molar-refractivity contribution in [2.24, 2.45) is 0 Å². The molecule has 27 heavy (non-hydrogen) atoms. The Morgan fingerprint density at radius 3 is 2.67 bits per heavy atom. The number of anilines is 1. The maximum atomic E-state index is 12.3. The third kappa shape index (κ3) is 4.03. The summed E-state index contributed by atoms with van der Waals surface area (Å²) < 4.78 is 11.1. The van der Waals surface area contributed by atoms with Crippen molar-refractivity contribution in [2.75, 3.05) is 11.1 Å². The highest BCUT2D eigenvalue weighted by atomic mass is 32.2. The fraction of sp³-hybridized carbons (Fsp3) is 0.150. The van der Waals surface area contributed by atoms with Crippen LogP contribution in [-0.4, -0.2) is 21.9 Å². The Hall–Kier alpha value is -3.06. The zero-order chi connectivity index (χ0) is 18.6. The van der Waals surface area contributed by atoms with Crippen molar-refractivity contribution in [3.8, 4) is 0 Å². The van der Waals surface area contributed by atoms with Gasteiger partial charge in [-0.25, -0.2) is 0 Å². The number of para-hydroxylation sites is 1. The molecule has 7 heteroatoms. The number of nitrogens with zero attached hydrogens (tertiary/aromatic N) is 2. The second-order valence-corrected chi connectivity index (χ2v) is 7.19. The molecule has 2 aromatic carbocycles. The minimum absolute atomic E-state index is 0.0496. The predicted molar refractivity (Wildman–Crippen MR) is 104 cm³/mol. The van der Waals surface area contributed by atoms with Crippen LogP contribution < -0.4 is 5.32 Å². The van der Waals surface area contributed by atoms with Crippen LogP contribution in [0.2, 0.25) is 0 Å². The Kier molecular flexibility index (Phi) is 4.93. The van der Waals surface area contributed by atoms with Crippen LogP contribution in [0.4, 0.5) is 6.01 Å². The quantitative estimate of drug-likeness (QED) is 0.486. The Labute approximate surface area is 160 Å². The lowest BCUT2D eigenvalue weighted by Gasteiger charge is -2.00. The van der Waals surface area contributed by atoms with Gasteiger partial charge in [0.05, 0.1) is 6.42 Å². The monoisotopic (exact) mass is 379 g/mol. The molecule has 0 aliphatic rings. The van der Waals surface area contributed by atoms with Gasteiger partial charge in [0.1, 0.15) is 5.58 Å². The molecule has 0 unspecified atom stereocenters. The minimum Gasteiger partial charge on any atom is -0.451 e. The molecule has 0 aliphatic heterocycles. The Bertz CT molecular complexity index is 1040. The first-order valence-corrected chi connectivity index (χ1v) is 9.54. The molecular formula is C20H17N3O3S. The average molecular weight is 379 g/mol. The van der Waals surface area contributed by atoms with E-state index < -0.39 is 5.91 Å². The van der Waals surface area contributed by atoms with E-state index in [0.717, 1.165) is 16.7 Å². The Morgan fingerprint density at radius 1 is 1.07 bits per heavy atom. The van der Waals surface area contributed by atoms with Crippen molar-refractivity contribution in [3.05, 3.63) is 71.8 Å².